The number of hydrogen-bond donors (Lipinski definition) is 1. The highest BCUT2D eigenvalue weighted by atomic mass is 32.2. The average molecular weight is 412 g/mol. The van der Waals surface area contributed by atoms with Crippen LogP contribution >= 0.6 is 23.5 Å². The largest absolute Gasteiger partial charge is 0.494 e. The van der Waals surface area contributed by atoms with Crippen LogP contribution in [-0.4, -0.2) is 28.2 Å². The van der Waals surface area contributed by atoms with Gasteiger partial charge >= 0.3 is 0 Å². The summed E-state index contributed by atoms with van der Waals surface area (Å²) in [7, 11) is 0. The van der Waals surface area contributed by atoms with Gasteiger partial charge in [-0.3, -0.25) is 4.79 Å². The summed E-state index contributed by atoms with van der Waals surface area (Å²) < 4.78 is 5.41. The van der Waals surface area contributed by atoms with E-state index in [1.165, 1.54) is 17.3 Å². The lowest BCUT2D eigenvalue weighted by atomic mass is 10.2. The molecule has 3 rings (SSSR count). The van der Waals surface area contributed by atoms with Crippen molar-refractivity contribution in [2.24, 2.45) is 0 Å². The highest BCUT2D eigenvalue weighted by Gasteiger charge is 2.11. The Hall–Kier alpha value is -2.51. The molecule has 3 aromatic rings. The average Bonchev–Trinajstić information content (AvgIpc) is 2.69. The molecule has 0 saturated carbocycles. The van der Waals surface area contributed by atoms with Gasteiger partial charge in [-0.05, 0) is 50.2 Å². The minimum atomic E-state index is -0.0914. The van der Waals surface area contributed by atoms with Gasteiger partial charge in [-0.1, -0.05) is 41.2 Å². The SMILES string of the molecule is CCOc1ccc(NC(=O)CSc2nccnc2Sc2cccc(C)c2)cc1. The summed E-state index contributed by atoms with van der Waals surface area (Å²) in [6.45, 7) is 4.61. The van der Waals surface area contributed by atoms with Gasteiger partial charge in [0.25, 0.3) is 0 Å². The van der Waals surface area contributed by atoms with E-state index in [2.05, 4.69) is 34.3 Å². The number of thioether (sulfide) groups is 1. The summed E-state index contributed by atoms with van der Waals surface area (Å²) in [5, 5.41) is 4.43. The van der Waals surface area contributed by atoms with Crippen LogP contribution < -0.4 is 10.1 Å². The second-order valence-corrected chi connectivity index (χ2v) is 7.91. The number of rotatable bonds is 8. The van der Waals surface area contributed by atoms with E-state index in [1.807, 2.05) is 43.3 Å². The lowest BCUT2D eigenvalue weighted by Gasteiger charge is -2.09. The zero-order valence-electron chi connectivity index (χ0n) is 15.7. The zero-order valence-corrected chi connectivity index (χ0v) is 17.3. The van der Waals surface area contributed by atoms with Crippen LogP contribution in [0.3, 0.4) is 0 Å². The molecule has 1 aromatic heterocycles. The van der Waals surface area contributed by atoms with Crippen molar-refractivity contribution in [3.63, 3.8) is 0 Å². The van der Waals surface area contributed by atoms with Gasteiger partial charge in [0, 0.05) is 23.0 Å². The predicted molar refractivity (Wildman–Crippen MR) is 114 cm³/mol. The Morgan fingerprint density at radius 1 is 1.07 bits per heavy atom. The van der Waals surface area contributed by atoms with Crippen LogP contribution in [0.5, 0.6) is 5.75 Å². The number of benzene rings is 2. The Morgan fingerprint density at radius 2 is 1.82 bits per heavy atom. The van der Waals surface area contributed by atoms with Crippen molar-refractivity contribution >= 4 is 35.1 Å². The Balaban J connectivity index is 1.59. The van der Waals surface area contributed by atoms with Crippen molar-refractivity contribution in [2.75, 3.05) is 17.7 Å². The van der Waals surface area contributed by atoms with E-state index in [0.29, 0.717) is 6.61 Å². The fourth-order valence-corrected chi connectivity index (χ4v) is 4.23. The first-order chi connectivity index (χ1) is 13.6. The number of carbonyl (C=O) groups is 1. The summed E-state index contributed by atoms with van der Waals surface area (Å²) >= 11 is 2.93. The molecule has 2 aromatic carbocycles. The van der Waals surface area contributed by atoms with Crippen LogP contribution in [0.2, 0.25) is 0 Å². The Morgan fingerprint density at radius 3 is 2.54 bits per heavy atom. The topological polar surface area (TPSA) is 64.1 Å². The van der Waals surface area contributed by atoms with Crippen molar-refractivity contribution in [1.82, 2.24) is 9.97 Å². The number of carbonyl (C=O) groups excluding carboxylic acids is 1. The fraction of sp³-hybridized carbons (Fsp3) is 0.190. The lowest BCUT2D eigenvalue weighted by molar-refractivity contribution is -0.113. The zero-order chi connectivity index (χ0) is 19.8. The first-order valence-corrected chi connectivity index (χ1v) is 10.7. The van der Waals surface area contributed by atoms with E-state index in [1.54, 1.807) is 24.2 Å². The van der Waals surface area contributed by atoms with Crippen LogP contribution in [-0.2, 0) is 4.79 Å². The number of aryl methyl sites for hydroxylation is 1. The molecule has 0 aliphatic rings. The second-order valence-electron chi connectivity index (χ2n) is 5.88. The third kappa shape index (κ3) is 6.00. The molecule has 1 N–H and O–H groups in total. The van der Waals surface area contributed by atoms with Gasteiger partial charge in [0.15, 0.2) is 0 Å². The highest BCUT2D eigenvalue weighted by molar-refractivity contribution is 8.02. The number of anilines is 1. The predicted octanol–water partition coefficient (Wildman–Crippen LogP) is 5.07. The first-order valence-electron chi connectivity index (χ1n) is 8.85. The standard InChI is InChI=1S/C21H21N3O2S2/c1-3-26-17-9-7-16(8-10-17)24-19(25)14-27-20-21(23-12-11-22-20)28-18-6-4-5-15(2)13-18/h4-13H,3,14H2,1-2H3,(H,24,25). The number of hydrogen-bond acceptors (Lipinski definition) is 6. The third-order valence-corrected chi connectivity index (χ3v) is 5.72. The molecule has 1 amide bonds. The number of nitrogens with one attached hydrogen (secondary N) is 1. The van der Waals surface area contributed by atoms with Gasteiger partial charge < -0.3 is 10.1 Å². The van der Waals surface area contributed by atoms with Crippen molar-refractivity contribution in [2.45, 2.75) is 28.8 Å². The monoisotopic (exact) mass is 411 g/mol. The summed E-state index contributed by atoms with van der Waals surface area (Å²) in [6.07, 6.45) is 3.31. The van der Waals surface area contributed by atoms with Gasteiger partial charge in [0.1, 0.15) is 15.8 Å². The molecule has 0 unspecified atom stereocenters. The van der Waals surface area contributed by atoms with Crippen LogP contribution in [0.15, 0.2) is 75.9 Å². The molecular formula is C21H21N3O2S2. The van der Waals surface area contributed by atoms with Crippen molar-refractivity contribution < 1.29 is 9.53 Å². The van der Waals surface area contributed by atoms with E-state index in [4.69, 9.17) is 4.74 Å². The summed E-state index contributed by atoms with van der Waals surface area (Å²) in [4.78, 5) is 22.2. The Bertz CT molecular complexity index is 933. The van der Waals surface area contributed by atoms with Gasteiger partial charge in [-0.15, -0.1) is 0 Å². The lowest BCUT2D eigenvalue weighted by Crippen LogP contribution is -2.14. The summed E-state index contributed by atoms with van der Waals surface area (Å²) in [5.41, 5.74) is 1.93. The van der Waals surface area contributed by atoms with E-state index in [9.17, 15) is 4.79 Å². The summed E-state index contributed by atoms with van der Waals surface area (Å²) in [5.74, 6) is 0.950. The minimum absolute atomic E-state index is 0.0914. The summed E-state index contributed by atoms with van der Waals surface area (Å²) in [6, 6.07) is 15.6. The Kier molecular flexibility index (Phi) is 7.33. The molecule has 0 fully saturated rings. The molecule has 0 bridgehead atoms. The van der Waals surface area contributed by atoms with Gasteiger partial charge in [0.2, 0.25) is 5.91 Å². The van der Waals surface area contributed by atoms with Crippen LogP contribution in [0.4, 0.5) is 5.69 Å². The molecule has 7 heteroatoms. The van der Waals surface area contributed by atoms with Crippen molar-refractivity contribution in [3.8, 4) is 5.75 Å². The normalized spacial score (nSPS) is 10.5. The molecular weight excluding hydrogens is 390 g/mol. The molecule has 0 radical (unpaired) electrons. The van der Waals surface area contributed by atoms with E-state index in [-0.39, 0.29) is 11.7 Å². The van der Waals surface area contributed by atoms with Crippen LogP contribution in [0.1, 0.15) is 12.5 Å². The molecule has 28 heavy (non-hydrogen) atoms. The minimum Gasteiger partial charge on any atom is -0.494 e. The molecule has 144 valence electrons. The number of aromatic nitrogens is 2. The van der Waals surface area contributed by atoms with Gasteiger partial charge in [-0.2, -0.15) is 0 Å². The molecule has 0 aliphatic heterocycles. The van der Waals surface area contributed by atoms with E-state index < -0.39 is 0 Å². The third-order valence-electron chi connectivity index (χ3n) is 3.63. The van der Waals surface area contributed by atoms with Crippen molar-refractivity contribution in [1.29, 1.82) is 0 Å². The van der Waals surface area contributed by atoms with Gasteiger partial charge in [0.05, 0.1) is 12.4 Å². The quantitative estimate of drug-likeness (QED) is 0.522. The second kappa shape index (κ2) is 10.1. The smallest absolute Gasteiger partial charge is 0.234 e. The fourth-order valence-electron chi connectivity index (χ4n) is 2.40. The highest BCUT2D eigenvalue weighted by Crippen LogP contribution is 2.32. The van der Waals surface area contributed by atoms with E-state index in [0.717, 1.165) is 26.4 Å². The molecule has 5 nitrogen and oxygen atoms in total. The molecule has 0 saturated heterocycles. The van der Waals surface area contributed by atoms with Crippen LogP contribution in [0, 0.1) is 6.92 Å². The number of ether oxygens (including phenoxy) is 1. The van der Waals surface area contributed by atoms with E-state index >= 15 is 0 Å². The molecule has 1 heterocycles. The maximum atomic E-state index is 12.3. The molecule has 0 aliphatic carbocycles. The maximum Gasteiger partial charge on any atom is 0.234 e. The maximum absolute atomic E-state index is 12.3. The van der Waals surface area contributed by atoms with Crippen molar-refractivity contribution in [3.05, 3.63) is 66.5 Å². The molecule has 0 atom stereocenters. The number of nitrogens with zero attached hydrogens (tertiary/aromatic N) is 2. The first kappa shape index (κ1) is 20.2. The van der Waals surface area contributed by atoms with Crippen LogP contribution in [0.25, 0.3) is 0 Å². The Labute approximate surface area is 173 Å². The van der Waals surface area contributed by atoms with Gasteiger partial charge in [-0.25, -0.2) is 9.97 Å². The molecule has 0 spiro atoms. The number of amides is 1.